The van der Waals surface area contributed by atoms with E-state index < -0.39 is 0 Å². The van der Waals surface area contributed by atoms with Gasteiger partial charge in [-0.05, 0) is 33.0 Å². The van der Waals surface area contributed by atoms with Gasteiger partial charge in [0.2, 0.25) is 0 Å². The van der Waals surface area contributed by atoms with Crippen molar-refractivity contribution in [3.8, 4) is 0 Å². The fourth-order valence-corrected chi connectivity index (χ4v) is 2.25. The second-order valence-corrected chi connectivity index (χ2v) is 4.26. The molecule has 0 N–H and O–H groups in total. The summed E-state index contributed by atoms with van der Waals surface area (Å²) in [6.07, 6.45) is 2.63. The summed E-state index contributed by atoms with van der Waals surface area (Å²) in [7, 11) is 4.41. The van der Waals surface area contributed by atoms with Crippen molar-refractivity contribution in [1.82, 2.24) is 14.9 Å². The van der Waals surface area contributed by atoms with E-state index in [0.29, 0.717) is 0 Å². The molecule has 0 aliphatic carbocycles. The molecule has 1 rings (SSSR count). The molecule has 0 radical (unpaired) electrons. The van der Waals surface area contributed by atoms with Crippen LogP contribution in [0.2, 0.25) is 0 Å². The van der Waals surface area contributed by atoms with Crippen molar-refractivity contribution in [1.29, 1.82) is 0 Å². The normalized spacial score (nSPS) is 21.0. The minimum Gasteiger partial charge on any atom is -0.306 e. The predicted octanol–water partition coefficient (Wildman–Crippen LogP) is 1.27. The molecule has 1 heterocycles. The first kappa shape index (κ1) is 12.0. The van der Waals surface area contributed by atoms with Crippen LogP contribution in [0.5, 0.6) is 0 Å². The molecule has 1 aliphatic rings. The molecule has 0 amide bonds. The van der Waals surface area contributed by atoms with Gasteiger partial charge in [0.15, 0.2) is 0 Å². The van der Waals surface area contributed by atoms with E-state index >= 15 is 0 Å². The Kier molecular flexibility index (Phi) is 4.85. The molecule has 0 aromatic carbocycles. The van der Waals surface area contributed by atoms with Crippen LogP contribution in [0, 0.1) is 0 Å². The third-order valence-corrected chi connectivity index (χ3v) is 3.33. The third-order valence-electron chi connectivity index (χ3n) is 3.33. The number of hydrogen-bond donors (Lipinski definition) is 0. The maximum Gasteiger partial charge on any atom is 0.0270 e. The van der Waals surface area contributed by atoms with Crippen LogP contribution in [0.15, 0.2) is 0 Å². The predicted molar refractivity (Wildman–Crippen MR) is 61.2 cm³/mol. The number of likely N-dealkylation sites (tertiary alicyclic amines) is 1. The van der Waals surface area contributed by atoms with Crippen molar-refractivity contribution in [2.75, 3.05) is 40.3 Å². The number of hydrogen-bond acceptors (Lipinski definition) is 3. The highest BCUT2D eigenvalue weighted by molar-refractivity contribution is 4.76. The second kappa shape index (κ2) is 5.69. The minimum atomic E-state index is 0.765. The Morgan fingerprint density at radius 2 is 1.71 bits per heavy atom. The largest absolute Gasteiger partial charge is 0.306 e. The highest BCUT2D eigenvalue weighted by Crippen LogP contribution is 2.16. The van der Waals surface area contributed by atoms with Gasteiger partial charge in [0.05, 0.1) is 0 Å². The summed E-state index contributed by atoms with van der Waals surface area (Å²) in [5.74, 6) is 0. The smallest absolute Gasteiger partial charge is 0.0270 e. The second-order valence-electron chi connectivity index (χ2n) is 4.26. The molecule has 0 unspecified atom stereocenters. The fraction of sp³-hybridized carbons (Fsp3) is 1.00. The Bertz CT molecular complexity index is 153. The van der Waals surface area contributed by atoms with Gasteiger partial charge in [0, 0.05) is 26.2 Å². The number of piperidine rings is 1. The van der Waals surface area contributed by atoms with E-state index in [0.717, 1.165) is 19.1 Å². The summed E-state index contributed by atoms with van der Waals surface area (Å²) in [5.41, 5.74) is 0. The summed E-state index contributed by atoms with van der Waals surface area (Å²) in [6.45, 7) is 9.22. The molecular weight excluding hydrogens is 174 g/mol. The van der Waals surface area contributed by atoms with E-state index in [4.69, 9.17) is 0 Å². The first-order chi connectivity index (χ1) is 6.69. The molecule has 0 aromatic rings. The third kappa shape index (κ3) is 2.94. The van der Waals surface area contributed by atoms with Crippen LogP contribution < -0.4 is 0 Å². The molecule has 1 fully saturated rings. The Hall–Kier alpha value is -0.120. The molecule has 0 spiro atoms. The van der Waals surface area contributed by atoms with Gasteiger partial charge >= 0.3 is 0 Å². The highest BCUT2D eigenvalue weighted by Gasteiger charge is 2.23. The zero-order valence-electron chi connectivity index (χ0n) is 10.2. The molecule has 0 atom stereocenters. The monoisotopic (exact) mass is 199 g/mol. The van der Waals surface area contributed by atoms with E-state index in [1.807, 2.05) is 0 Å². The zero-order valence-corrected chi connectivity index (χ0v) is 10.2. The van der Waals surface area contributed by atoms with Crippen LogP contribution in [0.3, 0.4) is 0 Å². The van der Waals surface area contributed by atoms with Gasteiger partial charge in [0.25, 0.3) is 0 Å². The van der Waals surface area contributed by atoms with Crippen molar-refractivity contribution in [3.05, 3.63) is 0 Å². The van der Waals surface area contributed by atoms with Gasteiger partial charge in [-0.25, -0.2) is 10.0 Å². The lowest BCUT2D eigenvalue weighted by Gasteiger charge is -2.41. The Morgan fingerprint density at radius 1 is 1.14 bits per heavy atom. The van der Waals surface area contributed by atoms with E-state index in [1.165, 1.54) is 25.9 Å². The minimum absolute atomic E-state index is 0.765. The molecule has 14 heavy (non-hydrogen) atoms. The van der Waals surface area contributed by atoms with E-state index in [9.17, 15) is 0 Å². The summed E-state index contributed by atoms with van der Waals surface area (Å²) in [4.78, 5) is 2.43. The quantitative estimate of drug-likeness (QED) is 0.631. The van der Waals surface area contributed by atoms with Gasteiger partial charge < -0.3 is 4.90 Å². The summed E-state index contributed by atoms with van der Waals surface area (Å²) >= 11 is 0. The maximum atomic E-state index is 2.52. The summed E-state index contributed by atoms with van der Waals surface area (Å²) in [5, 5.41) is 4.88. The fourth-order valence-electron chi connectivity index (χ4n) is 2.25. The van der Waals surface area contributed by atoms with Crippen molar-refractivity contribution < 1.29 is 0 Å². The van der Waals surface area contributed by atoms with Crippen molar-refractivity contribution >= 4 is 0 Å². The number of hydrazine groups is 1. The summed E-state index contributed by atoms with van der Waals surface area (Å²) in [6, 6.07) is 0.765. The molecule has 84 valence electrons. The Balaban J connectivity index is 2.44. The average molecular weight is 199 g/mol. The van der Waals surface area contributed by atoms with Gasteiger partial charge in [-0.2, -0.15) is 0 Å². The standard InChI is InChI=1S/C11H25N3/c1-5-13(4)14(6-2)11-7-9-12(3)10-8-11/h11H,5-10H2,1-4H3. The lowest BCUT2D eigenvalue weighted by molar-refractivity contribution is -0.0494. The van der Waals surface area contributed by atoms with Gasteiger partial charge in [0.1, 0.15) is 0 Å². The van der Waals surface area contributed by atoms with Crippen molar-refractivity contribution in [3.63, 3.8) is 0 Å². The first-order valence-corrected chi connectivity index (χ1v) is 5.85. The van der Waals surface area contributed by atoms with Crippen LogP contribution in [0.25, 0.3) is 0 Å². The maximum absolute atomic E-state index is 2.52. The molecule has 1 aliphatic heterocycles. The number of rotatable bonds is 4. The van der Waals surface area contributed by atoms with Crippen LogP contribution in [0.1, 0.15) is 26.7 Å². The van der Waals surface area contributed by atoms with Crippen LogP contribution >= 0.6 is 0 Å². The topological polar surface area (TPSA) is 9.72 Å². The van der Waals surface area contributed by atoms with Crippen molar-refractivity contribution in [2.24, 2.45) is 0 Å². The van der Waals surface area contributed by atoms with E-state index in [-0.39, 0.29) is 0 Å². The van der Waals surface area contributed by atoms with Gasteiger partial charge in [-0.15, -0.1) is 0 Å². The Labute approximate surface area is 88.6 Å². The summed E-state index contributed by atoms with van der Waals surface area (Å²) < 4.78 is 0. The SMILES string of the molecule is CCN(C)N(CC)C1CCN(C)CC1. The van der Waals surface area contributed by atoms with Gasteiger partial charge in [-0.3, -0.25) is 0 Å². The molecule has 3 heteroatoms. The highest BCUT2D eigenvalue weighted by atomic mass is 15.6. The molecular formula is C11H25N3. The zero-order chi connectivity index (χ0) is 10.6. The molecule has 0 aromatic heterocycles. The average Bonchev–Trinajstić information content (AvgIpc) is 2.21. The lowest BCUT2D eigenvalue weighted by Crippen LogP contribution is -2.50. The Morgan fingerprint density at radius 3 is 2.14 bits per heavy atom. The van der Waals surface area contributed by atoms with E-state index in [1.54, 1.807) is 0 Å². The van der Waals surface area contributed by atoms with Gasteiger partial charge in [-0.1, -0.05) is 13.8 Å². The van der Waals surface area contributed by atoms with E-state index in [2.05, 4.69) is 42.9 Å². The molecule has 0 bridgehead atoms. The lowest BCUT2D eigenvalue weighted by atomic mass is 10.1. The van der Waals surface area contributed by atoms with Crippen LogP contribution in [0.4, 0.5) is 0 Å². The van der Waals surface area contributed by atoms with Crippen LogP contribution in [-0.4, -0.2) is 61.2 Å². The van der Waals surface area contributed by atoms with Crippen LogP contribution in [-0.2, 0) is 0 Å². The molecule has 1 saturated heterocycles. The molecule has 3 nitrogen and oxygen atoms in total. The first-order valence-electron chi connectivity index (χ1n) is 5.85. The van der Waals surface area contributed by atoms with Crippen molar-refractivity contribution in [2.45, 2.75) is 32.7 Å². The number of nitrogens with zero attached hydrogens (tertiary/aromatic N) is 3. The molecule has 0 saturated carbocycles.